The van der Waals surface area contributed by atoms with Crippen LogP contribution in [0.25, 0.3) is 21.8 Å². The maximum absolute atomic E-state index is 10.8. The molecule has 0 bridgehead atoms. The van der Waals surface area contributed by atoms with Crippen LogP contribution in [0.15, 0.2) is 42.5 Å². The maximum atomic E-state index is 10.8. The number of hydrogen-bond acceptors (Lipinski definition) is 1. The molecular formula is C16H15NO2. The monoisotopic (exact) mass is 253 g/mol. The summed E-state index contributed by atoms with van der Waals surface area (Å²) in [5.41, 5.74) is 3.42. The Morgan fingerprint density at radius 2 is 1.84 bits per heavy atom. The van der Waals surface area contributed by atoms with Crippen LogP contribution < -0.4 is 0 Å². The van der Waals surface area contributed by atoms with E-state index in [0.29, 0.717) is 6.54 Å². The lowest BCUT2D eigenvalue weighted by molar-refractivity contribution is -0.137. The van der Waals surface area contributed by atoms with Gasteiger partial charge in [0.25, 0.3) is 0 Å². The highest BCUT2D eigenvalue weighted by Crippen LogP contribution is 2.29. The number of nitrogens with zero attached hydrogens (tertiary/aromatic N) is 1. The number of carboxylic acids is 1. The molecule has 0 aliphatic carbocycles. The number of aryl methyl sites for hydroxylation is 2. The van der Waals surface area contributed by atoms with Gasteiger partial charge in [0.15, 0.2) is 0 Å². The van der Waals surface area contributed by atoms with E-state index in [1.807, 2.05) is 18.2 Å². The molecule has 19 heavy (non-hydrogen) atoms. The van der Waals surface area contributed by atoms with Crippen molar-refractivity contribution in [3.63, 3.8) is 0 Å². The van der Waals surface area contributed by atoms with Crippen LogP contribution in [0.3, 0.4) is 0 Å². The molecule has 0 radical (unpaired) electrons. The fourth-order valence-electron chi connectivity index (χ4n) is 2.62. The lowest BCUT2D eigenvalue weighted by atomic mass is 10.1. The van der Waals surface area contributed by atoms with Gasteiger partial charge in [0.05, 0.1) is 6.42 Å². The van der Waals surface area contributed by atoms with Gasteiger partial charge >= 0.3 is 5.97 Å². The van der Waals surface area contributed by atoms with Crippen LogP contribution in [-0.2, 0) is 11.3 Å². The summed E-state index contributed by atoms with van der Waals surface area (Å²) in [5.74, 6) is -0.766. The van der Waals surface area contributed by atoms with E-state index in [1.165, 1.54) is 16.3 Å². The van der Waals surface area contributed by atoms with E-state index >= 15 is 0 Å². The second-order valence-electron chi connectivity index (χ2n) is 4.83. The molecule has 0 aliphatic rings. The standard InChI is InChI=1S/C16H15NO2/c1-11-6-7-15-13(10-11)12-4-2-3-5-14(12)17(15)9-8-16(18)19/h2-7,10H,8-9H2,1H3,(H,18,19). The molecule has 96 valence electrons. The minimum Gasteiger partial charge on any atom is -0.481 e. The van der Waals surface area contributed by atoms with E-state index in [1.54, 1.807) is 0 Å². The van der Waals surface area contributed by atoms with Gasteiger partial charge in [-0.15, -0.1) is 0 Å². The van der Waals surface area contributed by atoms with Gasteiger partial charge in [-0.25, -0.2) is 0 Å². The van der Waals surface area contributed by atoms with Gasteiger partial charge in [-0.05, 0) is 25.1 Å². The summed E-state index contributed by atoms with van der Waals surface area (Å²) in [7, 11) is 0. The molecule has 0 atom stereocenters. The number of rotatable bonds is 3. The van der Waals surface area contributed by atoms with Crippen LogP contribution in [0, 0.1) is 6.92 Å². The molecule has 3 aromatic rings. The van der Waals surface area contributed by atoms with Gasteiger partial charge in [-0.2, -0.15) is 0 Å². The van der Waals surface area contributed by atoms with Crippen molar-refractivity contribution in [3.8, 4) is 0 Å². The van der Waals surface area contributed by atoms with E-state index < -0.39 is 5.97 Å². The number of aliphatic carboxylic acids is 1. The zero-order valence-electron chi connectivity index (χ0n) is 10.8. The van der Waals surface area contributed by atoms with Crippen LogP contribution in [-0.4, -0.2) is 15.6 Å². The third kappa shape index (κ3) is 1.97. The van der Waals surface area contributed by atoms with Crippen molar-refractivity contribution in [3.05, 3.63) is 48.0 Å². The fourth-order valence-corrected chi connectivity index (χ4v) is 2.62. The van der Waals surface area contributed by atoms with E-state index in [2.05, 4.69) is 35.8 Å². The first-order valence-electron chi connectivity index (χ1n) is 6.36. The lowest BCUT2D eigenvalue weighted by Crippen LogP contribution is -2.04. The number of para-hydroxylation sites is 1. The Morgan fingerprint density at radius 1 is 1.11 bits per heavy atom. The Morgan fingerprint density at radius 3 is 2.63 bits per heavy atom. The smallest absolute Gasteiger partial charge is 0.305 e. The Labute approximate surface area is 111 Å². The molecule has 0 aliphatic heterocycles. The summed E-state index contributed by atoms with van der Waals surface area (Å²) in [6, 6.07) is 14.5. The molecular weight excluding hydrogens is 238 g/mol. The van der Waals surface area contributed by atoms with Crippen LogP contribution in [0.2, 0.25) is 0 Å². The highest BCUT2D eigenvalue weighted by molar-refractivity contribution is 6.08. The lowest BCUT2D eigenvalue weighted by Gasteiger charge is -2.05. The normalized spacial score (nSPS) is 11.2. The van der Waals surface area contributed by atoms with Gasteiger partial charge in [0.1, 0.15) is 0 Å². The van der Waals surface area contributed by atoms with E-state index in [9.17, 15) is 4.79 Å². The largest absolute Gasteiger partial charge is 0.481 e. The molecule has 1 heterocycles. The van der Waals surface area contributed by atoms with Gasteiger partial charge in [-0.3, -0.25) is 4.79 Å². The summed E-state index contributed by atoms with van der Waals surface area (Å²) in [6.07, 6.45) is 0.141. The third-order valence-electron chi connectivity index (χ3n) is 3.48. The minimum atomic E-state index is -0.766. The Hall–Kier alpha value is -2.29. The molecule has 2 aromatic carbocycles. The molecule has 1 aromatic heterocycles. The van der Waals surface area contributed by atoms with E-state index in [0.717, 1.165) is 11.0 Å². The van der Waals surface area contributed by atoms with Gasteiger partial charge in [0.2, 0.25) is 0 Å². The van der Waals surface area contributed by atoms with E-state index in [-0.39, 0.29) is 6.42 Å². The highest BCUT2D eigenvalue weighted by Gasteiger charge is 2.10. The summed E-state index contributed by atoms with van der Waals surface area (Å²) < 4.78 is 2.10. The SMILES string of the molecule is Cc1ccc2c(c1)c1ccccc1n2CCC(=O)O. The van der Waals surface area contributed by atoms with Crippen molar-refractivity contribution < 1.29 is 9.90 Å². The summed E-state index contributed by atoms with van der Waals surface area (Å²) in [5, 5.41) is 11.3. The Kier molecular flexibility index (Phi) is 2.75. The summed E-state index contributed by atoms with van der Waals surface area (Å²) >= 11 is 0. The first kappa shape index (κ1) is 11.8. The number of aromatic nitrogens is 1. The minimum absolute atomic E-state index is 0.141. The van der Waals surface area contributed by atoms with Gasteiger partial charge in [-0.1, -0.05) is 29.8 Å². The number of carboxylic acid groups (broad SMARTS) is 1. The average molecular weight is 253 g/mol. The first-order chi connectivity index (χ1) is 9.16. The molecule has 3 nitrogen and oxygen atoms in total. The molecule has 3 rings (SSSR count). The fraction of sp³-hybridized carbons (Fsp3) is 0.188. The second-order valence-corrected chi connectivity index (χ2v) is 4.83. The zero-order chi connectivity index (χ0) is 13.4. The van der Waals surface area contributed by atoms with Crippen molar-refractivity contribution >= 4 is 27.8 Å². The molecule has 0 spiro atoms. The van der Waals surface area contributed by atoms with Gasteiger partial charge in [0, 0.05) is 28.4 Å². The number of carbonyl (C=O) groups is 1. The van der Waals surface area contributed by atoms with E-state index in [4.69, 9.17) is 5.11 Å². The maximum Gasteiger partial charge on any atom is 0.305 e. The first-order valence-corrected chi connectivity index (χ1v) is 6.36. The summed E-state index contributed by atoms with van der Waals surface area (Å²) in [6.45, 7) is 2.57. The molecule has 3 heteroatoms. The molecule has 0 unspecified atom stereocenters. The number of hydrogen-bond donors (Lipinski definition) is 1. The molecule has 1 N–H and O–H groups in total. The Bertz CT molecular complexity index is 771. The zero-order valence-corrected chi connectivity index (χ0v) is 10.8. The Balaban J connectivity index is 2.29. The van der Waals surface area contributed by atoms with Crippen LogP contribution in [0.4, 0.5) is 0 Å². The molecule has 0 saturated heterocycles. The van der Waals surface area contributed by atoms with Crippen molar-refractivity contribution in [1.29, 1.82) is 0 Å². The second kappa shape index (κ2) is 4.43. The van der Waals surface area contributed by atoms with Crippen molar-refractivity contribution in [1.82, 2.24) is 4.57 Å². The van der Waals surface area contributed by atoms with Crippen molar-refractivity contribution in [2.45, 2.75) is 19.9 Å². The third-order valence-corrected chi connectivity index (χ3v) is 3.48. The van der Waals surface area contributed by atoms with Crippen LogP contribution >= 0.6 is 0 Å². The number of fused-ring (bicyclic) bond motifs is 3. The quantitative estimate of drug-likeness (QED) is 0.775. The van der Waals surface area contributed by atoms with Crippen molar-refractivity contribution in [2.75, 3.05) is 0 Å². The topological polar surface area (TPSA) is 42.2 Å². The highest BCUT2D eigenvalue weighted by atomic mass is 16.4. The number of benzene rings is 2. The predicted octanol–water partition coefficient (Wildman–Crippen LogP) is 3.58. The molecule has 0 saturated carbocycles. The van der Waals surface area contributed by atoms with Crippen molar-refractivity contribution in [2.24, 2.45) is 0 Å². The molecule has 0 fully saturated rings. The van der Waals surface area contributed by atoms with Crippen LogP contribution in [0.1, 0.15) is 12.0 Å². The van der Waals surface area contributed by atoms with Gasteiger partial charge < -0.3 is 9.67 Å². The summed E-state index contributed by atoms with van der Waals surface area (Å²) in [4.78, 5) is 10.8. The average Bonchev–Trinajstić information content (AvgIpc) is 2.70. The predicted molar refractivity (Wildman–Crippen MR) is 76.4 cm³/mol. The molecule has 0 amide bonds. The van der Waals surface area contributed by atoms with Crippen LogP contribution in [0.5, 0.6) is 0 Å².